The number of pyridine rings is 1. The zero-order chi connectivity index (χ0) is 38.4. The van der Waals surface area contributed by atoms with Crippen molar-refractivity contribution in [3.05, 3.63) is 100 Å². The van der Waals surface area contributed by atoms with Crippen molar-refractivity contribution in [1.82, 2.24) is 38.7 Å². The summed E-state index contributed by atoms with van der Waals surface area (Å²) in [6.07, 6.45) is 3.93. The molecular formula is C39H38N12O3. The zero-order valence-electron chi connectivity index (χ0n) is 30.5. The number of primary amides is 2. The Morgan fingerprint density at radius 2 is 1.50 bits per heavy atom. The van der Waals surface area contributed by atoms with Crippen LogP contribution in [0.1, 0.15) is 67.6 Å². The lowest BCUT2D eigenvalue weighted by molar-refractivity contribution is 0.0992. The van der Waals surface area contributed by atoms with E-state index in [2.05, 4.69) is 21.6 Å². The fourth-order valence-corrected chi connectivity index (χ4v) is 6.99. The molecule has 0 atom stereocenters. The topological polar surface area (TPSA) is 210 Å². The molecule has 7 rings (SSSR count). The summed E-state index contributed by atoms with van der Waals surface area (Å²) in [5, 5.41) is 23.6. The van der Waals surface area contributed by atoms with E-state index in [1.54, 1.807) is 41.1 Å². The number of aromatic nitrogens is 8. The fourth-order valence-electron chi connectivity index (χ4n) is 6.99. The van der Waals surface area contributed by atoms with Crippen molar-refractivity contribution in [2.75, 3.05) is 5.32 Å². The number of rotatable bonds is 11. The average Bonchev–Trinajstić information content (AvgIpc) is 3.90. The monoisotopic (exact) mass is 722 g/mol. The van der Waals surface area contributed by atoms with Crippen LogP contribution in [0.2, 0.25) is 0 Å². The highest BCUT2D eigenvalue weighted by Gasteiger charge is 2.22. The van der Waals surface area contributed by atoms with E-state index < -0.39 is 11.8 Å². The Bertz CT molecular complexity index is 2750. The normalized spacial score (nSPS) is 11.6. The molecule has 0 aliphatic rings. The summed E-state index contributed by atoms with van der Waals surface area (Å²) in [5.41, 5.74) is 18.9. The average molecular weight is 723 g/mol. The minimum atomic E-state index is -0.579. The van der Waals surface area contributed by atoms with Gasteiger partial charge in [-0.2, -0.15) is 15.5 Å². The van der Waals surface area contributed by atoms with Crippen LogP contribution in [0.4, 0.5) is 5.95 Å². The van der Waals surface area contributed by atoms with Gasteiger partial charge in [-0.3, -0.25) is 29.1 Å². The van der Waals surface area contributed by atoms with Crippen LogP contribution in [-0.2, 0) is 26.2 Å². The van der Waals surface area contributed by atoms with Crippen LogP contribution in [0, 0.1) is 32.1 Å². The van der Waals surface area contributed by atoms with E-state index in [0.717, 1.165) is 33.4 Å². The number of nitriles is 1. The van der Waals surface area contributed by atoms with Crippen LogP contribution < -0.4 is 16.8 Å². The van der Waals surface area contributed by atoms with E-state index in [1.807, 2.05) is 72.7 Å². The first-order valence-electron chi connectivity index (χ1n) is 17.5. The number of anilines is 1. The predicted octanol–water partition coefficient (Wildman–Crippen LogP) is 5.14. The van der Waals surface area contributed by atoms with E-state index in [9.17, 15) is 19.6 Å². The molecule has 0 unspecified atom stereocenters. The van der Waals surface area contributed by atoms with Gasteiger partial charge in [0.1, 0.15) is 23.1 Å². The molecule has 2 aromatic carbocycles. The van der Waals surface area contributed by atoms with Crippen LogP contribution in [0.5, 0.6) is 0 Å². The summed E-state index contributed by atoms with van der Waals surface area (Å²) < 4.78 is 7.34. The third-order valence-electron chi connectivity index (χ3n) is 9.40. The fraction of sp³-hybridized carbons (Fsp3) is 0.231. The minimum Gasteiger partial charge on any atom is -0.366 e. The summed E-state index contributed by atoms with van der Waals surface area (Å²) in [5.74, 6) is -1.22. The second kappa shape index (κ2) is 13.8. The number of imidazole rings is 1. The lowest BCUT2D eigenvalue weighted by Crippen LogP contribution is -2.20. The van der Waals surface area contributed by atoms with E-state index in [1.165, 1.54) is 0 Å². The van der Waals surface area contributed by atoms with Gasteiger partial charge in [-0.1, -0.05) is 12.2 Å². The first-order chi connectivity index (χ1) is 25.9. The predicted molar refractivity (Wildman–Crippen MR) is 205 cm³/mol. The highest BCUT2D eigenvalue weighted by molar-refractivity contribution is 6.10. The van der Waals surface area contributed by atoms with Crippen molar-refractivity contribution < 1.29 is 14.4 Å². The molecule has 3 amide bonds. The highest BCUT2D eigenvalue weighted by atomic mass is 16.2. The number of nitrogens with one attached hydrogen (secondary N) is 1. The number of hydrogen-bond donors (Lipinski definition) is 3. The van der Waals surface area contributed by atoms with Gasteiger partial charge in [0.2, 0.25) is 17.8 Å². The van der Waals surface area contributed by atoms with Gasteiger partial charge in [0.25, 0.3) is 5.91 Å². The number of benzene rings is 2. The second-order valence-corrected chi connectivity index (χ2v) is 13.0. The summed E-state index contributed by atoms with van der Waals surface area (Å²) in [6.45, 7) is 11.3. The SMILES string of the molecule is CCn1nc(C)cc1C(=O)Nc1nc2cc(C(N)=O)cc(C)c2n1C/C=C/Cn1c2ccc(C(N)=O)cc2c2cc(C#N)c(-c3cc(C)nn3CC)nc21. The van der Waals surface area contributed by atoms with Gasteiger partial charge >= 0.3 is 0 Å². The van der Waals surface area contributed by atoms with Crippen LogP contribution >= 0.6 is 0 Å². The zero-order valence-corrected chi connectivity index (χ0v) is 30.5. The van der Waals surface area contributed by atoms with Crippen molar-refractivity contribution in [3.8, 4) is 17.5 Å². The van der Waals surface area contributed by atoms with Crippen molar-refractivity contribution >= 4 is 56.6 Å². The smallest absolute Gasteiger partial charge is 0.276 e. The second-order valence-electron chi connectivity index (χ2n) is 13.0. The molecule has 54 heavy (non-hydrogen) atoms. The quantitative estimate of drug-likeness (QED) is 0.152. The third-order valence-corrected chi connectivity index (χ3v) is 9.40. The van der Waals surface area contributed by atoms with E-state index in [4.69, 9.17) is 21.4 Å². The van der Waals surface area contributed by atoms with Gasteiger partial charge in [0, 0.05) is 48.1 Å². The van der Waals surface area contributed by atoms with Gasteiger partial charge < -0.3 is 20.6 Å². The molecule has 5 N–H and O–H groups in total. The maximum atomic E-state index is 13.5. The first kappa shape index (κ1) is 35.3. The molecule has 0 aliphatic carbocycles. The van der Waals surface area contributed by atoms with Crippen LogP contribution in [0.15, 0.2) is 60.7 Å². The molecule has 15 heteroatoms. The third kappa shape index (κ3) is 6.13. The number of carbonyl (C=O) groups excluding carboxylic acids is 3. The van der Waals surface area contributed by atoms with Crippen molar-refractivity contribution in [2.45, 2.75) is 60.8 Å². The van der Waals surface area contributed by atoms with Gasteiger partial charge in [-0.25, -0.2) is 9.97 Å². The summed E-state index contributed by atoms with van der Waals surface area (Å²) in [6, 6.07) is 16.3. The van der Waals surface area contributed by atoms with E-state index >= 15 is 0 Å². The van der Waals surface area contributed by atoms with E-state index in [-0.39, 0.29) is 5.91 Å². The number of hydrogen-bond acceptors (Lipinski definition) is 8. The highest BCUT2D eigenvalue weighted by Crippen LogP contribution is 2.34. The number of fused-ring (bicyclic) bond motifs is 4. The Morgan fingerprint density at radius 1 is 0.815 bits per heavy atom. The number of carbonyl (C=O) groups is 3. The van der Waals surface area contributed by atoms with Crippen LogP contribution in [0.25, 0.3) is 44.4 Å². The number of nitrogens with two attached hydrogens (primary N) is 2. The Hall–Kier alpha value is -7.08. The van der Waals surface area contributed by atoms with E-state index in [0.29, 0.717) is 82.4 Å². The Kier molecular flexibility index (Phi) is 9.03. The van der Waals surface area contributed by atoms with Gasteiger partial charge in [-0.15, -0.1) is 0 Å². The molecule has 0 radical (unpaired) electrons. The molecular weight excluding hydrogens is 685 g/mol. The first-order valence-corrected chi connectivity index (χ1v) is 17.5. The van der Waals surface area contributed by atoms with Gasteiger partial charge in [-0.05, 0) is 88.7 Å². The molecule has 7 aromatic rings. The maximum Gasteiger partial charge on any atom is 0.276 e. The van der Waals surface area contributed by atoms with Crippen molar-refractivity contribution in [2.24, 2.45) is 11.5 Å². The number of allylic oxidation sites excluding steroid dienone is 2. The van der Waals surface area contributed by atoms with Crippen LogP contribution in [0.3, 0.4) is 0 Å². The van der Waals surface area contributed by atoms with Gasteiger partial charge in [0.15, 0.2) is 0 Å². The van der Waals surface area contributed by atoms with Gasteiger partial charge in [0.05, 0.1) is 39.2 Å². The number of amides is 3. The van der Waals surface area contributed by atoms with Crippen molar-refractivity contribution in [3.63, 3.8) is 0 Å². The molecule has 5 heterocycles. The Balaban J connectivity index is 1.31. The standard InChI is InChI=1S/C39H38N12O3/c1-6-50-31(15-22(4)46-50)33-26(20-40)18-28-27-17-24(35(41)52)10-11-30(27)48(37(28)44-33)12-8-9-13-49-34-21(3)14-25(36(42)53)19-29(34)43-39(49)45-38(54)32-16-23(5)47-51(32)7-2/h8-11,14-19H,6-7,12-13H2,1-5H3,(H2,41,52)(H2,42,53)(H,43,45,54)/b9-8+. The molecule has 0 saturated heterocycles. The molecule has 0 bridgehead atoms. The summed E-state index contributed by atoms with van der Waals surface area (Å²) >= 11 is 0. The maximum absolute atomic E-state index is 13.5. The molecule has 15 nitrogen and oxygen atoms in total. The Morgan fingerprint density at radius 3 is 2.19 bits per heavy atom. The number of nitrogens with zero attached hydrogens (tertiary/aromatic N) is 9. The molecule has 0 spiro atoms. The Labute approximate surface area is 309 Å². The molecule has 0 fully saturated rings. The summed E-state index contributed by atoms with van der Waals surface area (Å²) in [4.78, 5) is 47.6. The molecule has 0 aliphatic heterocycles. The van der Waals surface area contributed by atoms with Crippen molar-refractivity contribution in [1.29, 1.82) is 5.26 Å². The van der Waals surface area contributed by atoms with Crippen LogP contribution in [-0.4, -0.2) is 56.4 Å². The minimum absolute atomic E-state index is 0.292. The molecule has 5 aromatic heterocycles. The summed E-state index contributed by atoms with van der Waals surface area (Å²) in [7, 11) is 0. The molecule has 0 saturated carbocycles. The number of aryl methyl sites for hydroxylation is 5. The molecule has 272 valence electrons. The lowest BCUT2D eigenvalue weighted by atomic mass is 10.1. The largest absolute Gasteiger partial charge is 0.366 e. The lowest BCUT2D eigenvalue weighted by Gasteiger charge is -2.11.